The third kappa shape index (κ3) is 6.43. The summed E-state index contributed by atoms with van der Waals surface area (Å²) in [5, 5.41) is 35.7. The summed E-state index contributed by atoms with van der Waals surface area (Å²) in [7, 11) is -4.35. The molecular formula is C26H46NNaO8S. The number of hydrogen-bond acceptors (Lipinski definition) is 7. The normalized spacial score (nSPS) is 43.8. The molecule has 4 aliphatic rings. The van der Waals surface area contributed by atoms with E-state index in [-0.39, 0.29) is 100 Å². The molecule has 0 aromatic carbocycles. The van der Waals surface area contributed by atoms with E-state index in [1.807, 2.05) is 0 Å². The van der Waals surface area contributed by atoms with Crippen molar-refractivity contribution in [2.75, 3.05) is 12.3 Å². The predicted molar refractivity (Wildman–Crippen MR) is 134 cm³/mol. The van der Waals surface area contributed by atoms with Crippen LogP contribution in [0.15, 0.2) is 0 Å². The molecule has 9 nitrogen and oxygen atoms in total. The van der Waals surface area contributed by atoms with Gasteiger partial charge < -0.3 is 30.7 Å². The second-order valence-corrected chi connectivity index (χ2v) is 14.2. The number of carbonyl (C=O) groups excluding carboxylic acids is 1. The van der Waals surface area contributed by atoms with Crippen molar-refractivity contribution >= 4 is 16.0 Å². The number of aliphatic hydroxyl groups is 3. The van der Waals surface area contributed by atoms with Crippen LogP contribution in [0.3, 0.4) is 0 Å². The third-order valence-electron chi connectivity index (χ3n) is 11.0. The molecule has 0 aliphatic heterocycles. The number of rotatable bonds is 7. The molecule has 5 unspecified atom stereocenters. The van der Waals surface area contributed by atoms with Crippen LogP contribution >= 0.6 is 0 Å². The van der Waals surface area contributed by atoms with Gasteiger partial charge in [-0.1, -0.05) is 20.8 Å². The summed E-state index contributed by atoms with van der Waals surface area (Å²) in [6, 6.07) is 0. The average molecular weight is 556 g/mol. The predicted octanol–water partition coefficient (Wildman–Crippen LogP) is -1.80. The second-order valence-electron chi connectivity index (χ2n) is 12.7. The van der Waals surface area contributed by atoms with Crippen LogP contribution in [-0.4, -0.2) is 70.3 Å². The maximum Gasteiger partial charge on any atom is 1.00 e. The van der Waals surface area contributed by atoms with Crippen LogP contribution in [0, 0.1) is 46.3 Å². The van der Waals surface area contributed by atoms with Crippen LogP contribution in [0.25, 0.3) is 0 Å². The molecule has 11 atom stereocenters. The molecule has 4 aliphatic carbocycles. The molecule has 0 radical (unpaired) electrons. The standard InChI is InChI=1S/C26H45NO7S.Na.H2O/c1-15(4-7-23(31)27-10-11-35(32,33)34)18-5-6-19-24-20(14-22(30)26(18,19)3)25(2)9-8-17(28)12-16(25)13-21(24)29;;/h15-22,24,28-30H,4-14H2,1-3H3,(H,27,31)(H,32,33,34);;1H2/q;+1;/p-1/t15?,16-,17?,18?,19-,20-,21?,22?,24-,25-,26+;;/m0../s1. The fourth-order valence-corrected chi connectivity index (χ4v) is 9.45. The Balaban J connectivity index is 0.00000241. The zero-order valence-electron chi connectivity index (χ0n) is 22.9. The summed E-state index contributed by atoms with van der Waals surface area (Å²) < 4.78 is 32.2. The minimum Gasteiger partial charge on any atom is -0.748 e. The van der Waals surface area contributed by atoms with Gasteiger partial charge in [-0.3, -0.25) is 4.79 Å². The maximum atomic E-state index is 12.2. The van der Waals surface area contributed by atoms with Crippen molar-refractivity contribution in [3.63, 3.8) is 0 Å². The quantitative estimate of drug-likeness (QED) is 0.211. The number of carbonyl (C=O) groups is 1. The summed E-state index contributed by atoms with van der Waals surface area (Å²) in [5.41, 5.74) is -0.267. The third-order valence-corrected chi connectivity index (χ3v) is 11.7. The monoisotopic (exact) mass is 555 g/mol. The first-order valence-electron chi connectivity index (χ1n) is 13.5. The van der Waals surface area contributed by atoms with E-state index in [0.29, 0.717) is 18.8 Å². The topological polar surface area (TPSA) is 178 Å². The van der Waals surface area contributed by atoms with Crippen LogP contribution in [0.2, 0.25) is 0 Å². The van der Waals surface area contributed by atoms with E-state index in [2.05, 4.69) is 26.1 Å². The SMILES string of the molecule is CC(CCC(=O)NCCS(=O)(=O)[O-])C1CC[C@H]2[C@@H]3C(O)C[C@@H]4CC(O)CC[C@]4(C)[C@H]3CC(O)[C@]12C.O.[Na+]. The van der Waals surface area contributed by atoms with Crippen molar-refractivity contribution in [1.82, 2.24) is 5.32 Å². The minimum atomic E-state index is -4.35. The second kappa shape index (κ2) is 12.4. The van der Waals surface area contributed by atoms with Crippen molar-refractivity contribution in [2.45, 2.75) is 96.9 Å². The van der Waals surface area contributed by atoms with Gasteiger partial charge in [0.25, 0.3) is 0 Å². The molecule has 0 bridgehead atoms. The Morgan fingerprint density at radius 1 is 1.08 bits per heavy atom. The van der Waals surface area contributed by atoms with Crippen molar-refractivity contribution in [1.29, 1.82) is 0 Å². The van der Waals surface area contributed by atoms with Gasteiger partial charge >= 0.3 is 29.6 Å². The van der Waals surface area contributed by atoms with Gasteiger partial charge in [-0.15, -0.1) is 0 Å². The van der Waals surface area contributed by atoms with Gasteiger partial charge in [0.15, 0.2) is 0 Å². The van der Waals surface area contributed by atoms with E-state index in [9.17, 15) is 33.1 Å². The van der Waals surface area contributed by atoms with Crippen LogP contribution in [0.5, 0.6) is 0 Å². The Hall–Kier alpha value is 0.220. The molecule has 4 rings (SSSR count). The fourth-order valence-electron chi connectivity index (χ4n) is 9.10. The summed E-state index contributed by atoms with van der Waals surface area (Å²) in [6.07, 6.45) is 5.58. The van der Waals surface area contributed by atoms with Crippen LogP contribution < -0.4 is 34.9 Å². The van der Waals surface area contributed by atoms with E-state index in [1.165, 1.54) is 0 Å². The summed E-state index contributed by atoms with van der Waals surface area (Å²) in [4.78, 5) is 12.2. The van der Waals surface area contributed by atoms with Gasteiger partial charge in [0.2, 0.25) is 5.91 Å². The van der Waals surface area contributed by atoms with E-state index in [4.69, 9.17) is 0 Å². The number of hydrogen-bond donors (Lipinski definition) is 4. The van der Waals surface area contributed by atoms with Gasteiger partial charge in [0.1, 0.15) is 0 Å². The number of nitrogens with one attached hydrogen (secondary N) is 1. The van der Waals surface area contributed by atoms with Crippen molar-refractivity contribution < 1.29 is 68.1 Å². The molecule has 210 valence electrons. The Labute approximate surface area is 243 Å². The first kappa shape index (κ1) is 33.4. The molecule has 1 amide bonds. The number of amides is 1. The van der Waals surface area contributed by atoms with Gasteiger partial charge in [0, 0.05) is 13.0 Å². The summed E-state index contributed by atoms with van der Waals surface area (Å²) in [5.74, 6) is 0.522. The van der Waals surface area contributed by atoms with E-state index in [1.54, 1.807) is 0 Å². The smallest absolute Gasteiger partial charge is 0.748 e. The molecule has 0 saturated heterocycles. The molecule has 0 aromatic rings. The molecule has 11 heteroatoms. The Bertz CT molecular complexity index is 905. The van der Waals surface area contributed by atoms with Gasteiger partial charge in [-0.2, -0.15) is 0 Å². The maximum absolute atomic E-state index is 12.2. The number of fused-ring (bicyclic) bond motifs is 5. The molecule has 4 saturated carbocycles. The van der Waals surface area contributed by atoms with E-state index in [0.717, 1.165) is 38.5 Å². The van der Waals surface area contributed by atoms with Crippen LogP contribution in [0.4, 0.5) is 0 Å². The fraction of sp³-hybridized carbons (Fsp3) is 0.962. The zero-order valence-corrected chi connectivity index (χ0v) is 25.7. The van der Waals surface area contributed by atoms with Gasteiger partial charge in [-0.05, 0) is 97.7 Å². The largest absolute Gasteiger partial charge is 1.00 e. The minimum absolute atomic E-state index is 0. The molecule has 37 heavy (non-hydrogen) atoms. The van der Waals surface area contributed by atoms with Gasteiger partial charge in [0.05, 0.1) is 34.2 Å². The van der Waals surface area contributed by atoms with Crippen LogP contribution in [-0.2, 0) is 14.9 Å². The first-order valence-corrected chi connectivity index (χ1v) is 15.1. The molecule has 0 aromatic heterocycles. The van der Waals surface area contributed by atoms with Crippen LogP contribution in [0.1, 0.15) is 78.6 Å². The summed E-state index contributed by atoms with van der Waals surface area (Å²) in [6.45, 7) is 6.48. The molecular weight excluding hydrogens is 509 g/mol. The van der Waals surface area contributed by atoms with E-state index >= 15 is 0 Å². The van der Waals surface area contributed by atoms with Crippen molar-refractivity contribution in [3.05, 3.63) is 0 Å². The van der Waals surface area contributed by atoms with Gasteiger partial charge in [-0.25, -0.2) is 8.42 Å². The molecule has 0 spiro atoms. The Morgan fingerprint density at radius 3 is 2.41 bits per heavy atom. The Kier molecular flexibility index (Phi) is 11.2. The first-order chi connectivity index (χ1) is 16.3. The molecule has 0 heterocycles. The Morgan fingerprint density at radius 2 is 1.76 bits per heavy atom. The molecule has 4 fully saturated rings. The van der Waals surface area contributed by atoms with Crippen molar-refractivity contribution in [3.8, 4) is 0 Å². The molecule has 6 N–H and O–H groups in total. The number of aliphatic hydroxyl groups excluding tert-OH is 3. The van der Waals surface area contributed by atoms with E-state index < -0.39 is 28.1 Å². The zero-order chi connectivity index (χ0) is 25.8. The van der Waals surface area contributed by atoms with Crippen molar-refractivity contribution in [2.24, 2.45) is 46.3 Å². The summed E-state index contributed by atoms with van der Waals surface area (Å²) >= 11 is 0. The average Bonchev–Trinajstić information content (AvgIpc) is 3.12.